The van der Waals surface area contributed by atoms with E-state index in [2.05, 4.69) is 53.7 Å². The Morgan fingerprint density at radius 2 is 1.68 bits per heavy atom. The number of rotatable bonds is 5. The zero-order valence-corrected chi connectivity index (χ0v) is 15.0. The van der Waals surface area contributed by atoms with Gasteiger partial charge in [0.2, 0.25) is 0 Å². The molecule has 0 atom stereocenters. The van der Waals surface area contributed by atoms with Crippen molar-refractivity contribution >= 4 is 11.0 Å². The summed E-state index contributed by atoms with van der Waals surface area (Å²) in [5.74, 6) is 1.95. The van der Waals surface area contributed by atoms with Crippen molar-refractivity contribution in [3.63, 3.8) is 0 Å². The maximum Gasteiger partial charge on any atom is 0.134 e. The Labute approximate surface area is 134 Å². The lowest BCUT2D eigenvalue weighted by atomic mass is 9.90. The lowest BCUT2D eigenvalue weighted by Gasteiger charge is -2.17. The van der Waals surface area contributed by atoms with Gasteiger partial charge in [-0.15, -0.1) is 0 Å². The van der Waals surface area contributed by atoms with Gasteiger partial charge in [-0.1, -0.05) is 41.5 Å². The largest absolute Gasteiger partial charge is 0.494 e. The molecule has 0 fully saturated rings. The molecule has 0 spiro atoms. The molecular weight excluding hydrogens is 272 g/mol. The highest BCUT2D eigenvalue weighted by atomic mass is 16.5. The number of ether oxygens (including phenoxy) is 1. The van der Waals surface area contributed by atoms with Crippen molar-refractivity contribution in [1.29, 1.82) is 0 Å². The molecule has 0 aliphatic rings. The van der Waals surface area contributed by atoms with Crippen LogP contribution in [0.2, 0.25) is 0 Å². The number of furan rings is 1. The SMILES string of the molecule is CC(C)(C)CCCCOc1ccc2oc(C(C)(C)C)cc2c1. The summed E-state index contributed by atoms with van der Waals surface area (Å²) in [5, 5.41) is 1.12. The molecule has 2 aromatic rings. The van der Waals surface area contributed by atoms with E-state index in [0.717, 1.165) is 35.5 Å². The quantitative estimate of drug-likeness (QED) is 0.602. The molecule has 1 aromatic heterocycles. The predicted molar refractivity (Wildman–Crippen MR) is 93.7 cm³/mol. The molecule has 0 unspecified atom stereocenters. The van der Waals surface area contributed by atoms with Crippen LogP contribution in [0.3, 0.4) is 0 Å². The summed E-state index contributed by atoms with van der Waals surface area (Å²) in [6.07, 6.45) is 3.56. The molecule has 0 aliphatic heterocycles. The monoisotopic (exact) mass is 302 g/mol. The van der Waals surface area contributed by atoms with Gasteiger partial charge in [-0.25, -0.2) is 0 Å². The summed E-state index contributed by atoms with van der Waals surface area (Å²) in [4.78, 5) is 0. The second-order valence-electron chi connectivity index (χ2n) is 8.43. The molecule has 0 bridgehead atoms. The Kier molecular flexibility index (Phi) is 4.89. The maximum absolute atomic E-state index is 5.91. The Morgan fingerprint density at radius 1 is 0.955 bits per heavy atom. The fourth-order valence-corrected chi connectivity index (χ4v) is 2.43. The first-order valence-corrected chi connectivity index (χ1v) is 8.32. The molecule has 0 N–H and O–H groups in total. The van der Waals surface area contributed by atoms with E-state index in [4.69, 9.17) is 9.15 Å². The molecule has 2 rings (SSSR count). The van der Waals surface area contributed by atoms with E-state index in [1.165, 1.54) is 12.8 Å². The maximum atomic E-state index is 5.91. The summed E-state index contributed by atoms with van der Waals surface area (Å²) in [5.41, 5.74) is 1.39. The van der Waals surface area contributed by atoms with Gasteiger partial charge in [0.25, 0.3) is 0 Å². The van der Waals surface area contributed by atoms with Crippen LogP contribution in [0.25, 0.3) is 11.0 Å². The highest BCUT2D eigenvalue weighted by Gasteiger charge is 2.19. The first-order chi connectivity index (χ1) is 10.1. The second-order valence-corrected chi connectivity index (χ2v) is 8.43. The molecule has 2 heteroatoms. The van der Waals surface area contributed by atoms with Crippen molar-refractivity contribution in [2.75, 3.05) is 6.61 Å². The van der Waals surface area contributed by atoms with E-state index >= 15 is 0 Å². The third kappa shape index (κ3) is 4.79. The van der Waals surface area contributed by atoms with Gasteiger partial charge >= 0.3 is 0 Å². The Bertz CT molecular complexity index is 609. The molecule has 1 heterocycles. The zero-order chi connectivity index (χ0) is 16.4. The number of fused-ring (bicyclic) bond motifs is 1. The van der Waals surface area contributed by atoms with Crippen LogP contribution in [0, 0.1) is 5.41 Å². The van der Waals surface area contributed by atoms with Crippen molar-refractivity contribution in [3.05, 3.63) is 30.0 Å². The molecule has 22 heavy (non-hydrogen) atoms. The first-order valence-electron chi connectivity index (χ1n) is 8.32. The van der Waals surface area contributed by atoms with Gasteiger partial charge in [-0.2, -0.15) is 0 Å². The summed E-state index contributed by atoms with van der Waals surface area (Å²) < 4.78 is 11.8. The normalized spacial score (nSPS) is 12.8. The molecule has 122 valence electrons. The van der Waals surface area contributed by atoms with Crippen molar-refractivity contribution < 1.29 is 9.15 Å². The van der Waals surface area contributed by atoms with Gasteiger partial charge in [0.1, 0.15) is 17.1 Å². The Balaban J connectivity index is 1.93. The van der Waals surface area contributed by atoms with Gasteiger partial charge in [0.15, 0.2) is 0 Å². The number of unbranched alkanes of at least 4 members (excludes halogenated alkanes) is 1. The molecule has 0 aliphatic carbocycles. The summed E-state index contributed by atoms with van der Waals surface area (Å²) in [6.45, 7) is 14.1. The molecule has 0 radical (unpaired) electrons. The minimum atomic E-state index is 0.0347. The molecule has 0 saturated heterocycles. The Morgan fingerprint density at radius 3 is 2.32 bits per heavy atom. The number of hydrogen-bond acceptors (Lipinski definition) is 2. The number of hydrogen-bond donors (Lipinski definition) is 0. The predicted octanol–water partition coefficient (Wildman–Crippen LogP) is 6.33. The standard InChI is InChI=1S/C20H30O2/c1-19(2,3)11-7-8-12-21-16-9-10-17-15(13-16)14-18(22-17)20(4,5)6/h9-10,13-14H,7-8,11-12H2,1-6H3. The van der Waals surface area contributed by atoms with E-state index in [-0.39, 0.29) is 5.41 Å². The average Bonchev–Trinajstić information content (AvgIpc) is 2.80. The van der Waals surface area contributed by atoms with Gasteiger partial charge in [0.05, 0.1) is 6.61 Å². The van der Waals surface area contributed by atoms with Crippen LogP contribution in [0.15, 0.2) is 28.7 Å². The van der Waals surface area contributed by atoms with E-state index in [0.29, 0.717) is 5.41 Å². The second kappa shape index (κ2) is 6.36. The summed E-state index contributed by atoms with van der Waals surface area (Å²) >= 11 is 0. The summed E-state index contributed by atoms with van der Waals surface area (Å²) in [7, 11) is 0. The molecule has 1 aromatic carbocycles. The van der Waals surface area contributed by atoms with E-state index in [1.54, 1.807) is 0 Å². The third-order valence-corrected chi connectivity index (χ3v) is 3.82. The van der Waals surface area contributed by atoms with Crippen LogP contribution < -0.4 is 4.74 Å². The van der Waals surface area contributed by atoms with Gasteiger partial charge in [-0.3, -0.25) is 0 Å². The highest BCUT2D eigenvalue weighted by Crippen LogP contribution is 2.31. The van der Waals surface area contributed by atoms with Crippen LogP contribution in [-0.2, 0) is 5.41 Å². The van der Waals surface area contributed by atoms with Crippen molar-refractivity contribution in [3.8, 4) is 5.75 Å². The van der Waals surface area contributed by atoms with E-state index < -0.39 is 0 Å². The lowest BCUT2D eigenvalue weighted by Crippen LogP contribution is -2.08. The zero-order valence-electron chi connectivity index (χ0n) is 15.0. The Hall–Kier alpha value is -1.44. The highest BCUT2D eigenvalue weighted by molar-refractivity contribution is 5.79. The fourth-order valence-electron chi connectivity index (χ4n) is 2.43. The van der Waals surface area contributed by atoms with Gasteiger partial charge in [0, 0.05) is 10.8 Å². The van der Waals surface area contributed by atoms with Crippen molar-refractivity contribution in [1.82, 2.24) is 0 Å². The smallest absolute Gasteiger partial charge is 0.134 e. The third-order valence-electron chi connectivity index (χ3n) is 3.82. The minimum Gasteiger partial charge on any atom is -0.494 e. The van der Waals surface area contributed by atoms with Crippen LogP contribution in [0.5, 0.6) is 5.75 Å². The molecular formula is C20H30O2. The average molecular weight is 302 g/mol. The van der Waals surface area contributed by atoms with Crippen LogP contribution in [-0.4, -0.2) is 6.61 Å². The van der Waals surface area contributed by atoms with Gasteiger partial charge in [-0.05, 0) is 48.9 Å². The van der Waals surface area contributed by atoms with Crippen LogP contribution in [0.1, 0.15) is 66.6 Å². The molecule has 0 saturated carbocycles. The van der Waals surface area contributed by atoms with Crippen molar-refractivity contribution in [2.24, 2.45) is 5.41 Å². The molecule has 0 amide bonds. The topological polar surface area (TPSA) is 22.4 Å². The lowest BCUT2D eigenvalue weighted by molar-refractivity contribution is 0.285. The minimum absolute atomic E-state index is 0.0347. The van der Waals surface area contributed by atoms with Gasteiger partial charge < -0.3 is 9.15 Å². The number of benzene rings is 1. The summed E-state index contributed by atoms with van der Waals surface area (Å²) in [6, 6.07) is 8.22. The first kappa shape index (κ1) is 16.9. The fraction of sp³-hybridized carbons (Fsp3) is 0.600. The molecule has 2 nitrogen and oxygen atoms in total. The van der Waals surface area contributed by atoms with Crippen LogP contribution in [0.4, 0.5) is 0 Å². The van der Waals surface area contributed by atoms with Crippen LogP contribution >= 0.6 is 0 Å². The van der Waals surface area contributed by atoms with Crippen molar-refractivity contribution in [2.45, 2.75) is 66.2 Å². The van der Waals surface area contributed by atoms with E-state index in [9.17, 15) is 0 Å². The van der Waals surface area contributed by atoms with E-state index in [1.807, 2.05) is 12.1 Å².